The summed E-state index contributed by atoms with van der Waals surface area (Å²) in [6.45, 7) is 5.68. The zero-order valence-corrected chi connectivity index (χ0v) is 35.5. The minimum Gasteiger partial charge on any atom is -0.493 e. The van der Waals surface area contributed by atoms with E-state index in [0.29, 0.717) is 26.2 Å². The van der Waals surface area contributed by atoms with Crippen LogP contribution in [0.5, 0.6) is 11.5 Å². The summed E-state index contributed by atoms with van der Waals surface area (Å²) >= 11 is 3.66. The number of rotatable bonds is 23. The Morgan fingerprint density at radius 3 is 2.41 bits per heavy atom. The highest BCUT2D eigenvalue weighted by Crippen LogP contribution is 2.62. The maximum Gasteiger partial charge on any atom is 0.230 e. The van der Waals surface area contributed by atoms with Crippen molar-refractivity contribution in [2.75, 3.05) is 37.9 Å². The molecule has 1 saturated carbocycles. The van der Waals surface area contributed by atoms with Gasteiger partial charge in [-0.3, -0.25) is 4.98 Å². The van der Waals surface area contributed by atoms with Crippen LogP contribution < -0.4 is 9.47 Å². The number of unbranched alkanes of at least 4 members (excludes halogenated alkanes) is 2. The number of fused-ring (bicyclic) bond motifs is 2. The third kappa shape index (κ3) is 10.8. The van der Waals surface area contributed by atoms with Crippen LogP contribution in [-0.4, -0.2) is 69.9 Å². The molecule has 0 saturated heterocycles. The number of aromatic nitrogens is 1. The van der Waals surface area contributed by atoms with Crippen molar-refractivity contribution in [1.29, 1.82) is 0 Å². The Labute approximate surface area is 358 Å². The molecule has 1 aliphatic heterocycles. The summed E-state index contributed by atoms with van der Waals surface area (Å²) < 4.78 is 21.0. The lowest BCUT2D eigenvalue weighted by Crippen LogP contribution is -2.64. The molecule has 2 N–H and O–H groups in total. The molecule has 3 aliphatic rings. The molecular weight excluding hydrogens is 777 g/mol. The molecule has 6 unspecified atom stereocenters. The number of allylic oxidation sites excluding steroid dienone is 1. The van der Waals surface area contributed by atoms with Gasteiger partial charge in [-0.1, -0.05) is 78.7 Å². The van der Waals surface area contributed by atoms with Crippen LogP contribution >= 0.6 is 23.5 Å². The van der Waals surface area contributed by atoms with Crippen molar-refractivity contribution in [3.05, 3.63) is 144 Å². The first kappa shape index (κ1) is 43.0. The number of hydrogen-bond donors (Lipinski definition) is 2. The molecule has 1 aromatic heterocycles. The van der Waals surface area contributed by atoms with Gasteiger partial charge in [-0.15, -0.1) is 18.3 Å². The van der Waals surface area contributed by atoms with Crippen LogP contribution in [0.1, 0.15) is 67.6 Å². The number of pyridine rings is 1. The molecule has 8 nitrogen and oxygen atoms in total. The van der Waals surface area contributed by atoms with E-state index in [4.69, 9.17) is 24.2 Å². The number of hydrogen-bond acceptors (Lipinski definition) is 10. The highest BCUT2D eigenvalue weighted by Gasteiger charge is 2.64. The second-order valence-corrected chi connectivity index (χ2v) is 18.0. The molecule has 312 valence electrons. The van der Waals surface area contributed by atoms with Gasteiger partial charge in [0.2, 0.25) is 5.79 Å². The summed E-state index contributed by atoms with van der Waals surface area (Å²) in [5, 5.41) is 24.7. The van der Waals surface area contributed by atoms with Gasteiger partial charge in [-0.05, 0) is 109 Å². The molecule has 59 heavy (non-hydrogen) atoms. The minimum atomic E-state index is -1.01. The highest BCUT2D eigenvalue weighted by atomic mass is 32.2. The molecule has 4 aromatic rings. The molecule has 0 bridgehead atoms. The van der Waals surface area contributed by atoms with E-state index in [1.54, 1.807) is 11.8 Å². The Kier molecular flexibility index (Phi) is 16.0. The Hall–Kier alpha value is -4.06. The summed E-state index contributed by atoms with van der Waals surface area (Å²) in [6, 6.07) is 31.1. The van der Waals surface area contributed by atoms with E-state index in [1.165, 1.54) is 10.5 Å². The fourth-order valence-electron chi connectivity index (χ4n) is 9.03. The third-order valence-electron chi connectivity index (χ3n) is 11.7. The van der Waals surface area contributed by atoms with E-state index in [9.17, 15) is 10.2 Å². The lowest BCUT2D eigenvalue weighted by molar-refractivity contribution is -0.223. The van der Waals surface area contributed by atoms with Gasteiger partial charge in [0.25, 0.3) is 0 Å². The van der Waals surface area contributed by atoms with Gasteiger partial charge in [0.15, 0.2) is 0 Å². The zero-order chi connectivity index (χ0) is 40.7. The van der Waals surface area contributed by atoms with Gasteiger partial charge in [0.05, 0.1) is 30.1 Å². The Balaban J connectivity index is 1.30. The molecule has 6 atom stereocenters. The monoisotopic (exact) mass is 834 g/mol. The molecule has 7 rings (SSSR count). The van der Waals surface area contributed by atoms with Crippen LogP contribution in [0.25, 0.3) is 0 Å². The number of oxime groups is 1. The Bertz CT molecular complexity index is 1970. The second-order valence-electron chi connectivity index (χ2n) is 15.5. The molecule has 10 heteroatoms. The molecular formula is C49H58N2O6S2. The first-order valence-electron chi connectivity index (χ1n) is 21.2. The van der Waals surface area contributed by atoms with Crippen molar-refractivity contribution >= 4 is 29.2 Å². The normalized spacial score (nSPS) is 23.7. The minimum absolute atomic E-state index is 0.00606. The molecule has 1 fully saturated rings. The number of nitrogens with zero attached hydrogens (tertiary/aromatic N) is 2. The van der Waals surface area contributed by atoms with Gasteiger partial charge in [-0.2, -0.15) is 11.8 Å². The maximum absolute atomic E-state index is 9.96. The average molecular weight is 835 g/mol. The number of benzene rings is 3. The van der Waals surface area contributed by atoms with Crippen LogP contribution in [0.2, 0.25) is 0 Å². The van der Waals surface area contributed by atoms with Gasteiger partial charge >= 0.3 is 0 Å². The van der Waals surface area contributed by atoms with Crippen molar-refractivity contribution in [1.82, 2.24) is 4.98 Å². The first-order chi connectivity index (χ1) is 29.1. The van der Waals surface area contributed by atoms with E-state index < -0.39 is 5.79 Å². The number of aliphatic hydroxyl groups is 2. The topological polar surface area (TPSA) is 103 Å². The largest absolute Gasteiger partial charge is 0.493 e. The molecule has 0 radical (unpaired) electrons. The summed E-state index contributed by atoms with van der Waals surface area (Å²) in [5.74, 6) is 2.55. The summed E-state index contributed by atoms with van der Waals surface area (Å²) in [6.07, 6.45) is 14.6. The smallest absolute Gasteiger partial charge is 0.230 e. The van der Waals surface area contributed by atoms with Crippen molar-refractivity contribution in [3.8, 4) is 11.5 Å². The van der Waals surface area contributed by atoms with E-state index in [1.807, 2.05) is 60.6 Å². The van der Waals surface area contributed by atoms with E-state index >= 15 is 0 Å². The predicted molar refractivity (Wildman–Crippen MR) is 239 cm³/mol. The van der Waals surface area contributed by atoms with Crippen LogP contribution in [0.15, 0.2) is 138 Å². The van der Waals surface area contributed by atoms with Gasteiger partial charge < -0.3 is 29.3 Å². The van der Waals surface area contributed by atoms with Crippen LogP contribution in [0.3, 0.4) is 0 Å². The van der Waals surface area contributed by atoms with Crippen molar-refractivity contribution in [2.45, 2.75) is 79.8 Å². The molecule has 0 amide bonds. The van der Waals surface area contributed by atoms with Crippen molar-refractivity contribution in [2.24, 2.45) is 22.9 Å². The summed E-state index contributed by atoms with van der Waals surface area (Å²) in [4.78, 5) is 11.7. The molecule has 2 heterocycles. The lowest BCUT2D eigenvalue weighted by atomic mass is 9.56. The first-order valence-corrected chi connectivity index (χ1v) is 23.2. The highest BCUT2D eigenvalue weighted by molar-refractivity contribution is 8.00. The van der Waals surface area contributed by atoms with E-state index in [0.717, 1.165) is 90.4 Å². The predicted octanol–water partition coefficient (Wildman–Crippen LogP) is 10.1. The second kappa shape index (κ2) is 22.0. The molecule has 2 aliphatic carbocycles. The van der Waals surface area contributed by atoms with Crippen LogP contribution in [0, 0.1) is 17.8 Å². The zero-order valence-electron chi connectivity index (χ0n) is 33.9. The fraction of sp³-hybridized carbons (Fsp3) is 0.429. The third-order valence-corrected chi connectivity index (χ3v) is 14.0. The Morgan fingerprint density at radius 1 is 0.881 bits per heavy atom. The summed E-state index contributed by atoms with van der Waals surface area (Å²) in [7, 11) is 0. The number of aryl methyl sites for hydroxylation is 1. The Morgan fingerprint density at radius 2 is 1.64 bits per heavy atom. The summed E-state index contributed by atoms with van der Waals surface area (Å²) in [5.41, 5.74) is 5.49. The van der Waals surface area contributed by atoms with E-state index in [-0.39, 0.29) is 42.1 Å². The quantitative estimate of drug-likeness (QED) is 0.0327. The average Bonchev–Trinajstić information content (AvgIpc) is 3.27. The van der Waals surface area contributed by atoms with Gasteiger partial charge in [0, 0.05) is 54.2 Å². The SMILES string of the molecule is C=CCOC12Oc3ccc(OCCSc4ccccc4)cc3C3C(CCCCO)C(CCCCO)C=C(C(=NOCc4ccccc4)CC1SCCc1ccncc1)C32. The molecule has 3 aromatic carbocycles. The number of ether oxygens (including phenoxy) is 3. The van der Waals surface area contributed by atoms with Crippen molar-refractivity contribution < 1.29 is 29.3 Å². The molecule has 0 spiro atoms. The maximum atomic E-state index is 9.96. The van der Waals surface area contributed by atoms with Crippen molar-refractivity contribution in [3.63, 3.8) is 0 Å². The van der Waals surface area contributed by atoms with E-state index in [2.05, 4.69) is 78.3 Å². The standard InChI is InChI=1S/C49H58N2O6S2/c1-2-28-55-49-46(59-30-23-36-21-24-50-25-22-36)34-44(51-56-35-37-13-5-3-6-14-37)42-32-38(15-9-11-26-52)41(18-10-12-27-53)47(48(42)49)43-33-39(19-20-45(43)57-49)54-29-31-58-40-16-7-4-8-17-40/h2-8,13-14,16-17,19-22,24-25,32-33,38,41,46-48,52-53H,1,9-12,15,18,23,26-31,34-35H2. The van der Waals surface area contributed by atoms with Gasteiger partial charge in [-0.25, -0.2) is 0 Å². The van der Waals surface area contributed by atoms with Crippen LogP contribution in [0.4, 0.5) is 0 Å². The lowest BCUT2D eigenvalue weighted by Gasteiger charge is -2.58. The number of thioether (sulfide) groups is 2. The van der Waals surface area contributed by atoms with Crippen LogP contribution in [-0.2, 0) is 22.6 Å². The number of aliphatic hydroxyl groups excluding tert-OH is 2. The fourth-order valence-corrected chi connectivity index (χ4v) is 11.2. The van der Waals surface area contributed by atoms with Gasteiger partial charge in [0.1, 0.15) is 18.1 Å².